The topological polar surface area (TPSA) is 97.7 Å². The lowest BCUT2D eigenvalue weighted by molar-refractivity contribution is 0.340. The van der Waals surface area contributed by atoms with Crippen LogP contribution in [-0.2, 0) is 24.4 Å². The van der Waals surface area contributed by atoms with Gasteiger partial charge in [-0.3, -0.25) is 8.74 Å². The van der Waals surface area contributed by atoms with Crippen molar-refractivity contribution in [2.45, 2.75) is 6.92 Å². The van der Waals surface area contributed by atoms with Gasteiger partial charge in [0.1, 0.15) is 0 Å². The normalized spacial score (nSPS) is 13.3. The Labute approximate surface area is 65.0 Å². The highest BCUT2D eigenvalue weighted by atomic mass is 32.3. The molecule has 0 rings (SSSR count). The van der Waals surface area contributed by atoms with Crippen molar-refractivity contribution in [1.82, 2.24) is 0 Å². The van der Waals surface area contributed by atoms with Gasteiger partial charge in [0.25, 0.3) is 20.2 Å². The summed E-state index contributed by atoms with van der Waals surface area (Å²) in [6.07, 6.45) is 0. The first-order valence-corrected chi connectivity index (χ1v) is 5.78. The van der Waals surface area contributed by atoms with Gasteiger partial charge in [-0.15, -0.1) is 0 Å². The Bertz CT molecular complexity index is 297. The molecule has 0 aromatic carbocycles. The molecule has 68 valence electrons. The molecule has 0 amide bonds. The van der Waals surface area contributed by atoms with Gasteiger partial charge < -0.3 is 0 Å². The summed E-state index contributed by atoms with van der Waals surface area (Å²) in [7, 11) is -8.64. The van der Waals surface area contributed by atoms with Gasteiger partial charge in [0.2, 0.25) is 5.08 Å². The van der Waals surface area contributed by atoms with E-state index in [4.69, 9.17) is 4.55 Å². The molecule has 0 unspecified atom stereocenters. The molecule has 6 nitrogen and oxygen atoms in total. The molecule has 0 radical (unpaired) electrons. The standard InChI is InChI=1S/C3H8O6S2/c1-2-9-11(7,8)3-10(4,5)6/h2-3H2,1H3,(H,4,5,6). The molecule has 0 aromatic heterocycles. The van der Waals surface area contributed by atoms with Gasteiger partial charge in [0.05, 0.1) is 6.61 Å². The van der Waals surface area contributed by atoms with Crippen LogP contribution in [-0.4, -0.2) is 33.1 Å². The molecule has 0 aliphatic carbocycles. The molecule has 0 heterocycles. The van der Waals surface area contributed by atoms with Crippen molar-refractivity contribution in [3.63, 3.8) is 0 Å². The molecule has 0 aliphatic rings. The highest BCUT2D eigenvalue weighted by molar-refractivity contribution is 8.03. The molecule has 0 spiro atoms. The Morgan fingerprint density at radius 3 is 2.00 bits per heavy atom. The molecule has 0 saturated carbocycles. The average molecular weight is 204 g/mol. The van der Waals surface area contributed by atoms with E-state index in [1.54, 1.807) is 0 Å². The second-order valence-electron chi connectivity index (χ2n) is 1.66. The second-order valence-corrected chi connectivity index (χ2v) is 5.12. The van der Waals surface area contributed by atoms with Crippen LogP contribution in [0.4, 0.5) is 0 Å². The lowest BCUT2D eigenvalue weighted by Crippen LogP contribution is -2.17. The molecular formula is C3H8O6S2. The van der Waals surface area contributed by atoms with E-state index in [0.29, 0.717) is 0 Å². The van der Waals surface area contributed by atoms with Crippen molar-refractivity contribution in [3.8, 4) is 0 Å². The predicted molar refractivity (Wildman–Crippen MR) is 37.0 cm³/mol. The minimum atomic E-state index is -4.52. The predicted octanol–water partition coefficient (Wildman–Crippen LogP) is -0.802. The first-order chi connectivity index (χ1) is 4.77. The summed E-state index contributed by atoms with van der Waals surface area (Å²) in [4.78, 5) is 0. The van der Waals surface area contributed by atoms with Gasteiger partial charge in [-0.05, 0) is 6.92 Å². The van der Waals surface area contributed by atoms with Crippen LogP contribution in [0.1, 0.15) is 6.92 Å². The van der Waals surface area contributed by atoms with Crippen molar-refractivity contribution in [3.05, 3.63) is 0 Å². The van der Waals surface area contributed by atoms with Crippen LogP contribution in [0.15, 0.2) is 0 Å². The maximum atomic E-state index is 10.5. The van der Waals surface area contributed by atoms with Crippen molar-refractivity contribution in [2.24, 2.45) is 0 Å². The maximum Gasteiger partial charge on any atom is 0.284 e. The van der Waals surface area contributed by atoms with Crippen LogP contribution in [0.3, 0.4) is 0 Å². The minimum Gasteiger partial charge on any atom is -0.285 e. The fourth-order valence-electron chi connectivity index (χ4n) is 0.396. The molecule has 0 bridgehead atoms. The Morgan fingerprint density at radius 2 is 1.73 bits per heavy atom. The average Bonchev–Trinajstić information content (AvgIpc) is 1.55. The number of hydrogen-bond donors (Lipinski definition) is 1. The monoisotopic (exact) mass is 204 g/mol. The number of hydrogen-bond acceptors (Lipinski definition) is 5. The third kappa shape index (κ3) is 6.23. The Balaban J connectivity index is 4.40. The van der Waals surface area contributed by atoms with Crippen LogP contribution in [0.25, 0.3) is 0 Å². The third-order valence-electron chi connectivity index (χ3n) is 0.591. The SMILES string of the molecule is CCOS(=O)(=O)CS(=O)(=O)O. The highest BCUT2D eigenvalue weighted by Gasteiger charge is 2.19. The summed E-state index contributed by atoms with van der Waals surface area (Å²) < 4.78 is 53.1. The zero-order valence-corrected chi connectivity index (χ0v) is 7.35. The maximum absolute atomic E-state index is 10.5. The fraction of sp³-hybridized carbons (Fsp3) is 1.00. The molecule has 11 heavy (non-hydrogen) atoms. The van der Waals surface area contributed by atoms with Crippen molar-refractivity contribution in [1.29, 1.82) is 0 Å². The largest absolute Gasteiger partial charge is 0.285 e. The van der Waals surface area contributed by atoms with E-state index in [9.17, 15) is 16.8 Å². The zero-order chi connectivity index (χ0) is 9.12. The summed E-state index contributed by atoms with van der Waals surface area (Å²) in [6.45, 7) is 1.24. The lowest BCUT2D eigenvalue weighted by atomic mass is 10.9. The highest BCUT2D eigenvalue weighted by Crippen LogP contribution is 1.96. The first kappa shape index (κ1) is 10.8. The minimum absolute atomic E-state index is 0.155. The van der Waals surface area contributed by atoms with E-state index in [1.165, 1.54) is 6.92 Å². The third-order valence-corrected chi connectivity index (χ3v) is 3.53. The Morgan fingerprint density at radius 1 is 1.27 bits per heavy atom. The van der Waals surface area contributed by atoms with Gasteiger partial charge in [0.15, 0.2) is 0 Å². The molecule has 0 saturated heterocycles. The van der Waals surface area contributed by atoms with E-state index in [0.717, 1.165) is 0 Å². The van der Waals surface area contributed by atoms with E-state index in [-0.39, 0.29) is 6.61 Å². The van der Waals surface area contributed by atoms with Crippen molar-refractivity contribution in [2.75, 3.05) is 11.7 Å². The molecule has 0 atom stereocenters. The summed E-state index contributed by atoms with van der Waals surface area (Å²) >= 11 is 0. The van der Waals surface area contributed by atoms with E-state index in [1.807, 2.05) is 0 Å². The van der Waals surface area contributed by atoms with Gasteiger partial charge >= 0.3 is 0 Å². The molecule has 0 aromatic rings. The van der Waals surface area contributed by atoms with E-state index >= 15 is 0 Å². The van der Waals surface area contributed by atoms with Crippen LogP contribution < -0.4 is 0 Å². The molecular weight excluding hydrogens is 196 g/mol. The van der Waals surface area contributed by atoms with E-state index < -0.39 is 25.3 Å². The molecule has 8 heteroatoms. The van der Waals surface area contributed by atoms with Crippen LogP contribution in [0.5, 0.6) is 0 Å². The summed E-state index contributed by atoms with van der Waals surface area (Å²) in [5.74, 6) is 0. The van der Waals surface area contributed by atoms with Crippen LogP contribution in [0.2, 0.25) is 0 Å². The summed E-state index contributed by atoms with van der Waals surface area (Å²) in [5, 5.41) is -1.40. The van der Waals surface area contributed by atoms with Crippen LogP contribution >= 0.6 is 0 Å². The second kappa shape index (κ2) is 3.48. The van der Waals surface area contributed by atoms with Gasteiger partial charge in [-0.1, -0.05) is 0 Å². The number of rotatable bonds is 4. The Hall–Kier alpha value is -0.180. The summed E-state index contributed by atoms with van der Waals surface area (Å²) in [5.41, 5.74) is 0. The van der Waals surface area contributed by atoms with E-state index in [2.05, 4.69) is 4.18 Å². The van der Waals surface area contributed by atoms with Crippen molar-refractivity contribution < 1.29 is 25.6 Å². The smallest absolute Gasteiger partial charge is 0.284 e. The molecule has 0 fully saturated rings. The van der Waals surface area contributed by atoms with Gasteiger partial charge in [0, 0.05) is 0 Å². The van der Waals surface area contributed by atoms with Gasteiger partial charge in [-0.25, -0.2) is 0 Å². The fourth-order valence-corrected chi connectivity index (χ4v) is 2.49. The molecule has 1 N–H and O–H groups in total. The molecule has 0 aliphatic heterocycles. The Kier molecular flexibility index (Phi) is 3.42. The van der Waals surface area contributed by atoms with Gasteiger partial charge in [-0.2, -0.15) is 16.8 Å². The lowest BCUT2D eigenvalue weighted by Gasteiger charge is -1.98. The zero-order valence-electron chi connectivity index (χ0n) is 5.72. The van der Waals surface area contributed by atoms with Crippen molar-refractivity contribution >= 4 is 20.2 Å². The first-order valence-electron chi connectivity index (χ1n) is 2.59. The summed E-state index contributed by atoms with van der Waals surface area (Å²) in [6, 6.07) is 0. The quantitative estimate of drug-likeness (QED) is 0.475. The van der Waals surface area contributed by atoms with Crippen LogP contribution in [0, 0.1) is 0 Å².